The van der Waals surface area contributed by atoms with Crippen molar-refractivity contribution in [1.29, 1.82) is 0 Å². The van der Waals surface area contributed by atoms with Crippen LogP contribution in [0, 0.1) is 23.2 Å². The van der Waals surface area contributed by atoms with Crippen LogP contribution in [-0.4, -0.2) is 21.9 Å². The summed E-state index contributed by atoms with van der Waals surface area (Å²) in [6, 6.07) is 0. The number of hydrogen-bond acceptors (Lipinski definition) is 2. The minimum Gasteiger partial charge on any atom is -0.393 e. The van der Waals surface area contributed by atoms with E-state index in [0.29, 0.717) is 5.41 Å². The Morgan fingerprint density at radius 2 is 1.97 bits per heavy atom. The van der Waals surface area contributed by atoms with Gasteiger partial charge in [0, 0.05) is 0 Å². The van der Waals surface area contributed by atoms with E-state index in [-0.39, 0.29) is 6.10 Å². The van der Waals surface area contributed by atoms with Crippen LogP contribution in [0.4, 0.5) is 0 Å². The van der Waals surface area contributed by atoms with Gasteiger partial charge in [-0.3, -0.25) is 0 Å². The van der Waals surface area contributed by atoms with Gasteiger partial charge in [-0.05, 0) is 100 Å². The van der Waals surface area contributed by atoms with E-state index in [1.54, 1.807) is 5.57 Å². The zero-order valence-electron chi connectivity index (χ0n) is 19.3. The molecule has 3 saturated carbocycles. The maximum atomic E-state index is 10.0. The van der Waals surface area contributed by atoms with Crippen molar-refractivity contribution in [3.05, 3.63) is 35.5 Å². The first-order chi connectivity index (χ1) is 13.6. The molecule has 2 heteroatoms. The fourth-order valence-electron chi connectivity index (χ4n) is 6.67. The van der Waals surface area contributed by atoms with Crippen LogP contribution in [-0.2, 0) is 0 Å². The minimum absolute atomic E-state index is 0.192. The van der Waals surface area contributed by atoms with Gasteiger partial charge >= 0.3 is 0 Å². The summed E-state index contributed by atoms with van der Waals surface area (Å²) in [6.45, 7) is 13.1. The Labute approximate surface area is 179 Å². The molecule has 0 aliphatic heterocycles. The summed E-state index contributed by atoms with van der Waals surface area (Å²) in [5.74, 6) is 2.26. The summed E-state index contributed by atoms with van der Waals surface area (Å²) >= 11 is 0. The van der Waals surface area contributed by atoms with Gasteiger partial charge in [-0.15, -0.1) is 0 Å². The normalized spacial score (nSPS) is 37.2. The fourth-order valence-corrected chi connectivity index (χ4v) is 6.67. The molecule has 3 unspecified atom stereocenters. The van der Waals surface area contributed by atoms with Gasteiger partial charge in [0.15, 0.2) is 0 Å². The number of rotatable bonds is 6. The standard InChI is InChI=1S/C27H44O2/c1-19-10-13-23(28)18-22(19)12-11-21-9-7-17-27(5)24(14-15-25(21)27)20(2)8-6-16-26(3,4)29/h11-12,20,23-25,28-29H,1,6-10,13-18H2,2-5H3/b21-11+,22-12-/t20-,23?,24?,25?,27-/m1/s1. The van der Waals surface area contributed by atoms with Crippen molar-refractivity contribution in [2.45, 2.75) is 110 Å². The summed E-state index contributed by atoms with van der Waals surface area (Å²) in [5.41, 5.74) is 4.02. The van der Waals surface area contributed by atoms with Crippen LogP contribution in [0.3, 0.4) is 0 Å². The van der Waals surface area contributed by atoms with E-state index in [1.807, 2.05) is 13.8 Å². The highest BCUT2D eigenvalue weighted by Gasteiger charge is 2.50. The zero-order valence-corrected chi connectivity index (χ0v) is 19.3. The van der Waals surface area contributed by atoms with Crippen molar-refractivity contribution in [2.24, 2.45) is 23.2 Å². The van der Waals surface area contributed by atoms with Gasteiger partial charge in [0.2, 0.25) is 0 Å². The molecule has 0 aromatic rings. The largest absolute Gasteiger partial charge is 0.393 e. The highest BCUT2D eigenvalue weighted by atomic mass is 16.3. The molecular formula is C27H44O2. The lowest BCUT2D eigenvalue weighted by Gasteiger charge is -2.44. The Balaban J connectivity index is 1.68. The van der Waals surface area contributed by atoms with E-state index in [1.165, 1.54) is 49.7 Å². The molecule has 0 amide bonds. The van der Waals surface area contributed by atoms with Gasteiger partial charge in [-0.2, -0.15) is 0 Å². The molecule has 3 rings (SSSR count). The summed E-state index contributed by atoms with van der Waals surface area (Å²) < 4.78 is 0. The molecule has 3 aliphatic rings. The third-order valence-corrected chi connectivity index (χ3v) is 8.36. The molecule has 0 aromatic carbocycles. The third-order valence-electron chi connectivity index (χ3n) is 8.36. The Kier molecular flexibility index (Phi) is 7.16. The predicted octanol–water partition coefficient (Wildman–Crippen LogP) is 6.73. The Bertz CT molecular complexity index is 650. The summed E-state index contributed by atoms with van der Waals surface area (Å²) in [7, 11) is 0. The molecular weight excluding hydrogens is 356 g/mol. The maximum Gasteiger partial charge on any atom is 0.0591 e. The van der Waals surface area contributed by atoms with Crippen LogP contribution < -0.4 is 0 Å². The average molecular weight is 401 g/mol. The van der Waals surface area contributed by atoms with E-state index < -0.39 is 5.60 Å². The topological polar surface area (TPSA) is 40.5 Å². The van der Waals surface area contributed by atoms with Gasteiger partial charge in [0.25, 0.3) is 0 Å². The third kappa shape index (κ3) is 5.44. The molecule has 0 heterocycles. The molecule has 0 aromatic heterocycles. The lowest BCUT2D eigenvalue weighted by Crippen LogP contribution is -2.36. The second-order valence-corrected chi connectivity index (χ2v) is 11.2. The monoisotopic (exact) mass is 400 g/mol. The first-order valence-corrected chi connectivity index (χ1v) is 12.1. The fraction of sp³-hybridized carbons (Fsp3) is 0.778. The lowest BCUT2D eigenvalue weighted by molar-refractivity contribution is 0.0596. The molecule has 0 bridgehead atoms. The molecule has 164 valence electrons. The van der Waals surface area contributed by atoms with Crippen molar-refractivity contribution >= 4 is 0 Å². The van der Waals surface area contributed by atoms with Crippen LogP contribution in [0.5, 0.6) is 0 Å². The number of allylic oxidation sites excluding steroid dienone is 4. The first-order valence-electron chi connectivity index (χ1n) is 12.1. The SMILES string of the molecule is C=C1CCC(O)C/C1=C/C=C1\CCC[C@@]2(C)C1CCC2[C@H](C)CCCC(C)(C)O. The van der Waals surface area contributed by atoms with Crippen molar-refractivity contribution in [3.63, 3.8) is 0 Å². The minimum atomic E-state index is -0.535. The van der Waals surface area contributed by atoms with E-state index in [9.17, 15) is 10.2 Å². The van der Waals surface area contributed by atoms with Crippen molar-refractivity contribution in [1.82, 2.24) is 0 Å². The number of fused-ring (bicyclic) bond motifs is 1. The van der Waals surface area contributed by atoms with Crippen molar-refractivity contribution in [2.75, 3.05) is 0 Å². The predicted molar refractivity (Wildman–Crippen MR) is 123 cm³/mol. The highest BCUT2D eigenvalue weighted by molar-refractivity contribution is 5.36. The Hall–Kier alpha value is -0.860. The van der Waals surface area contributed by atoms with E-state index in [4.69, 9.17) is 0 Å². The molecule has 2 nitrogen and oxygen atoms in total. The van der Waals surface area contributed by atoms with Gasteiger partial charge in [-0.1, -0.05) is 56.6 Å². The van der Waals surface area contributed by atoms with E-state index >= 15 is 0 Å². The molecule has 29 heavy (non-hydrogen) atoms. The van der Waals surface area contributed by atoms with E-state index in [0.717, 1.165) is 49.9 Å². The maximum absolute atomic E-state index is 10.0. The Morgan fingerprint density at radius 1 is 1.21 bits per heavy atom. The summed E-state index contributed by atoms with van der Waals surface area (Å²) in [5, 5.41) is 20.1. The molecule has 0 radical (unpaired) electrons. The van der Waals surface area contributed by atoms with Crippen molar-refractivity contribution in [3.8, 4) is 0 Å². The highest BCUT2D eigenvalue weighted by Crippen LogP contribution is 2.60. The summed E-state index contributed by atoms with van der Waals surface area (Å²) in [6.07, 6.45) is 16.9. The van der Waals surface area contributed by atoms with Gasteiger partial charge in [0.1, 0.15) is 0 Å². The molecule has 2 N–H and O–H groups in total. The average Bonchev–Trinajstić information content (AvgIpc) is 2.99. The molecule has 3 aliphatic carbocycles. The molecule has 0 spiro atoms. The number of hydrogen-bond donors (Lipinski definition) is 2. The lowest BCUT2D eigenvalue weighted by atomic mass is 9.60. The molecule has 0 saturated heterocycles. The van der Waals surface area contributed by atoms with Gasteiger partial charge in [0.05, 0.1) is 11.7 Å². The smallest absolute Gasteiger partial charge is 0.0591 e. The summed E-state index contributed by atoms with van der Waals surface area (Å²) in [4.78, 5) is 0. The van der Waals surface area contributed by atoms with Crippen molar-refractivity contribution < 1.29 is 10.2 Å². The quantitative estimate of drug-likeness (QED) is 0.518. The van der Waals surface area contributed by atoms with Gasteiger partial charge in [-0.25, -0.2) is 0 Å². The van der Waals surface area contributed by atoms with Crippen LogP contribution >= 0.6 is 0 Å². The zero-order chi connectivity index (χ0) is 21.2. The number of aliphatic hydroxyl groups excluding tert-OH is 1. The van der Waals surface area contributed by atoms with Gasteiger partial charge < -0.3 is 10.2 Å². The van der Waals surface area contributed by atoms with Crippen LogP contribution in [0.1, 0.15) is 98.3 Å². The second-order valence-electron chi connectivity index (χ2n) is 11.2. The van der Waals surface area contributed by atoms with E-state index in [2.05, 4.69) is 32.6 Å². The molecule has 3 fully saturated rings. The molecule has 5 atom stereocenters. The number of aliphatic hydroxyl groups is 2. The van der Waals surface area contributed by atoms with Crippen LogP contribution in [0.25, 0.3) is 0 Å². The second kappa shape index (κ2) is 9.10. The van der Waals surface area contributed by atoms with Crippen LogP contribution in [0.2, 0.25) is 0 Å². The first kappa shape index (κ1) is 22.8. The Morgan fingerprint density at radius 3 is 2.69 bits per heavy atom. The van der Waals surface area contributed by atoms with Crippen LogP contribution in [0.15, 0.2) is 35.5 Å².